The molecule has 0 aliphatic rings. The molecular formula is C14H15F3N2O. The lowest BCUT2D eigenvalue weighted by Crippen LogP contribution is -2.17. The zero-order chi connectivity index (χ0) is 14.6. The first-order valence-electron chi connectivity index (χ1n) is 6.11. The van der Waals surface area contributed by atoms with E-state index in [4.69, 9.17) is 0 Å². The number of rotatable bonds is 5. The average molecular weight is 284 g/mol. The van der Waals surface area contributed by atoms with Gasteiger partial charge in [0.15, 0.2) is 0 Å². The van der Waals surface area contributed by atoms with E-state index in [-0.39, 0.29) is 5.75 Å². The third-order valence-electron chi connectivity index (χ3n) is 2.79. The van der Waals surface area contributed by atoms with Gasteiger partial charge in [-0.25, -0.2) is 0 Å². The van der Waals surface area contributed by atoms with E-state index in [2.05, 4.69) is 10.1 Å². The highest BCUT2D eigenvalue weighted by Gasteiger charge is 2.30. The fraction of sp³-hybridized carbons (Fsp3) is 0.286. The van der Waals surface area contributed by atoms with Crippen molar-refractivity contribution >= 4 is 0 Å². The highest BCUT2D eigenvalue weighted by atomic mass is 19.4. The van der Waals surface area contributed by atoms with Crippen molar-refractivity contribution in [3.63, 3.8) is 0 Å². The zero-order valence-corrected chi connectivity index (χ0v) is 10.9. The number of hydrogen-bond acceptors (Lipinski definition) is 2. The lowest BCUT2D eigenvalue weighted by atomic mass is 10.2. The van der Waals surface area contributed by atoms with E-state index >= 15 is 0 Å². The summed E-state index contributed by atoms with van der Waals surface area (Å²) in [7, 11) is 1.86. The molecule has 108 valence electrons. The maximum absolute atomic E-state index is 12.1. The molecule has 0 atom stereocenters. The number of nitrogens with zero attached hydrogens (tertiary/aromatic N) is 1. The van der Waals surface area contributed by atoms with Crippen molar-refractivity contribution in [2.45, 2.75) is 19.5 Å². The Morgan fingerprint density at radius 3 is 2.45 bits per heavy atom. The highest BCUT2D eigenvalue weighted by molar-refractivity contribution is 5.28. The molecule has 3 nitrogen and oxygen atoms in total. The smallest absolute Gasteiger partial charge is 0.406 e. The Bertz CT molecular complexity index is 546. The van der Waals surface area contributed by atoms with Gasteiger partial charge in [-0.1, -0.05) is 12.1 Å². The van der Waals surface area contributed by atoms with Crippen LogP contribution < -0.4 is 10.1 Å². The molecule has 2 rings (SSSR count). The van der Waals surface area contributed by atoms with E-state index in [1.54, 1.807) is 12.1 Å². The molecular weight excluding hydrogens is 269 g/mol. The van der Waals surface area contributed by atoms with Crippen LogP contribution >= 0.6 is 0 Å². The Hall–Kier alpha value is -1.95. The van der Waals surface area contributed by atoms with Gasteiger partial charge in [-0.3, -0.25) is 0 Å². The lowest BCUT2D eigenvalue weighted by molar-refractivity contribution is -0.274. The number of alkyl halides is 3. The van der Waals surface area contributed by atoms with Crippen LogP contribution in [0.2, 0.25) is 0 Å². The Morgan fingerprint density at radius 2 is 1.85 bits per heavy atom. The maximum atomic E-state index is 12.1. The second-order valence-electron chi connectivity index (χ2n) is 4.35. The van der Waals surface area contributed by atoms with E-state index in [0.717, 1.165) is 17.8 Å². The predicted molar refractivity (Wildman–Crippen MR) is 69.4 cm³/mol. The van der Waals surface area contributed by atoms with E-state index in [0.29, 0.717) is 6.54 Å². The van der Waals surface area contributed by atoms with E-state index < -0.39 is 6.36 Å². The second kappa shape index (κ2) is 6.00. The summed E-state index contributed by atoms with van der Waals surface area (Å²) in [6, 6.07) is 9.84. The van der Waals surface area contributed by atoms with Crippen LogP contribution in [0.1, 0.15) is 11.3 Å². The maximum Gasteiger partial charge on any atom is 0.573 e. The monoisotopic (exact) mass is 284 g/mol. The van der Waals surface area contributed by atoms with Crippen LogP contribution in [0.15, 0.2) is 42.6 Å². The summed E-state index contributed by atoms with van der Waals surface area (Å²) in [5, 5.41) is 3.07. The molecule has 0 spiro atoms. The number of benzene rings is 1. The fourth-order valence-electron chi connectivity index (χ4n) is 1.94. The summed E-state index contributed by atoms with van der Waals surface area (Å²) in [4.78, 5) is 0. The van der Waals surface area contributed by atoms with E-state index in [1.165, 1.54) is 12.1 Å². The largest absolute Gasteiger partial charge is 0.573 e. The first-order valence-corrected chi connectivity index (χ1v) is 6.11. The minimum atomic E-state index is -4.65. The van der Waals surface area contributed by atoms with Crippen LogP contribution in [0.5, 0.6) is 5.75 Å². The third kappa shape index (κ3) is 4.03. The normalized spacial score (nSPS) is 11.6. The molecule has 0 radical (unpaired) electrons. The van der Waals surface area contributed by atoms with Gasteiger partial charge in [0.1, 0.15) is 5.75 Å². The summed E-state index contributed by atoms with van der Waals surface area (Å²) < 4.78 is 42.0. The lowest BCUT2D eigenvalue weighted by Gasteiger charge is -2.11. The van der Waals surface area contributed by atoms with Gasteiger partial charge < -0.3 is 14.6 Å². The van der Waals surface area contributed by atoms with Crippen molar-refractivity contribution in [2.75, 3.05) is 7.05 Å². The first-order chi connectivity index (χ1) is 9.48. The second-order valence-corrected chi connectivity index (χ2v) is 4.35. The Balaban J connectivity index is 2.05. The molecule has 0 saturated carbocycles. The van der Waals surface area contributed by atoms with Crippen molar-refractivity contribution < 1.29 is 17.9 Å². The molecule has 1 aromatic heterocycles. The van der Waals surface area contributed by atoms with Crippen molar-refractivity contribution in [2.24, 2.45) is 0 Å². The standard InChI is InChI=1S/C14H15F3N2O/c1-18-9-12-3-2-8-19(12)10-11-4-6-13(7-5-11)20-14(15,16)17/h2-8,18H,9-10H2,1H3. The molecule has 0 fully saturated rings. The van der Waals surface area contributed by atoms with Crippen molar-refractivity contribution in [1.29, 1.82) is 0 Å². The predicted octanol–water partition coefficient (Wildman–Crippen LogP) is 3.15. The van der Waals surface area contributed by atoms with Crippen LogP contribution in [0.3, 0.4) is 0 Å². The van der Waals surface area contributed by atoms with Gasteiger partial charge in [-0.2, -0.15) is 0 Å². The molecule has 1 aromatic carbocycles. The third-order valence-corrected chi connectivity index (χ3v) is 2.79. The summed E-state index contributed by atoms with van der Waals surface area (Å²) in [6.45, 7) is 1.35. The minimum Gasteiger partial charge on any atom is -0.406 e. The summed E-state index contributed by atoms with van der Waals surface area (Å²) in [6.07, 6.45) is -2.71. The number of hydrogen-bond donors (Lipinski definition) is 1. The molecule has 0 saturated heterocycles. The molecule has 2 aromatic rings. The number of ether oxygens (including phenoxy) is 1. The van der Waals surface area contributed by atoms with Crippen molar-refractivity contribution in [1.82, 2.24) is 9.88 Å². The number of halogens is 3. The van der Waals surface area contributed by atoms with Crippen LogP contribution in [0.4, 0.5) is 13.2 Å². The molecule has 0 aliphatic heterocycles. The summed E-state index contributed by atoms with van der Waals surface area (Å²) in [5.74, 6) is -0.204. The van der Waals surface area contributed by atoms with Crippen molar-refractivity contribution in [3.05, 3.63) is 53.9 Å². The Labute approximate surface area is 115 Å². The number of nitrogens with one attached hydrogen (secondary N) is 1. The average Bonchev–Trinajstić information content (AvgIpc) is 2.78. The van der Waals surface area contributed by atoms with Crippen LogP contribution in [0, 0.1) is 0 Å². The quantitative estimate of drug-likeness (QED) is 0.912. The van der Waals surface area contributed by atoms with Crippen molar-refractivity contribution in [3.8, 4) is 5.75 Å². The van der Waals surface area contributed by atoms with E-state index in [1.807, 2.05) is 29.9 Å². The topological polar surface area (TPSA) is 26.2 Å². The number of aromatic nitrogens is 1. The molecule has 0 unspecified atom stereocenters. The molecule has 6 heteroatoms. The zero-order valence-electron chi connectivity index (χ0n) is 10.9. The Kier molecular flexibility index (Phi) is 4.34. The van der Waals surface area contributed by atoms with Crippen LogP contribution in [0.25, 0.3) is 0 Å². The first kappa shape index (κ1) is 14.5. The van der Waals surface area contributed by atoms with Gasteiger partial charge in [0.25, 0.3) is 0 Å². The molecule has 0 amide bonds. The molecule has 1 heterocycles. The molecule has 20 heavy (non-hydrogen) atoms. The van der Waals surface area contributed by atoms with Gasteiger partial charge in [0.2, 0.25) is 0 Å². The van der Waals surface area contributed by atoms with Crippen LogP contribution in [-0.2, 0) is 13.1 Å². The minimum absolute atomic E-state index is 0.204. The van der Waals surface area contributed by atoms with Crippen LogP contribution in [-0.4, -0.2) is 18.0 Å². The van der Waals surface area contributed by atoms with Gasteiger partial charge in [-0.15, -0.1) is 13.2 Å². The van der Waals surface area contributed by atoms with Gasteiger partial charge in [0.05, 0.1) is 0 Å². The Morgan fingerprint density at radius 1 is 1.15 bits per heavy atom. The summed E-state index contributed by atoms with van der Waals surface area (Å²) >= 11 is 0. The molecule has 1 N–H and O–H groups in total. The van der Waals surface area contributed by atoms with Gasteiger partial charge in [-0.05, 0) is 36.9 Å². The highest BCUT2D eigenvalue weighted by Crippen LogP contribution is 2.23. The van der Waals surface area contributed by atoms with E-state index in [9.17, 15) is 13.2 Å². The summed E-state index contributed by atoms with van der Waals surface area (Å²) in [5.41, 5.74) is 2.02. The SMILES string of the molecule is CNCc1cccn1Cc1ccc(OC(F)(F)F)cc1. The molecule has 0 bridgehead atoms. The fourth-order valence-corrected chi connectivity index (χ4v) is 1.94. The van der Waals surface area contributed by atoms with Gasteiger partial charge in [0, 0.05) is 25.0 Å². The molecule has 0 aliphatic carbocycles. The van der Waals surface area contributed by atoms with Gasteiger partial charge >= 0.3 is 6.36 Å².